The highest BCUT2D eigenvalue weighted by atomic mass is 16.6. The molecule has 0 bridgehead atoms. The quantitative estimate of drug-likeness (QED) is 0.505. The van der Waals surface area contributed by atoms with E-state index in [0.717, 1.165) is 0 Å². The van der Waals surface area contributed by atoms with Gasteiger partial charge in [0.05, 0.1) is 10.5 Å². The summed E-state index contributed by atoms with van der Waals surface area (Å²) < 4.78 is 4.98. The summed E-state index contributed by atoms with van der Waals surface area (Å²) in [7, 11) is 0. The van der Waals surface area contributed by atoms with Crippen LogP contribution in [0.2, 0.25) is 0 Å². The van der Waals surface area contributed by atoms with Crippen molar-refractivity contribution in [2.45, 2.75) is 32.5 Å². The number of hydrogen-bond acceptors (Lipinski definition) is 5. The van der Waals surface area contributed by atoms with Crippen molar-refractivity contribution in [1.29, 1.82) is 0 Å². The molecule has 0 radical (unpaired) electrons. The zero-order valence-corrected chi connectivity index (χ0v) is 10.4. The van der Waals surface area contributed by atoms with Crippen LogP contribution in [0.25, 0.3) is 0 Å². The van der Waals surface area contributed by atoms with E-state index in [1.165, 1.54) is 24.3 Å². The molecule has 1 aromatic rings. The van der Waals surface area contributed by atoms with Crippen molar-refractivity contribution < 1.29 is 19.6 Å². The van der Waals surface area contributed by atoms with Crippen LogP contribution in [0, 0.1) is 10.1 Å². The molecule has 1 N–H and O–H groups in total. The first-order chi connectivity index (χ1) is 8.22. The molecule has 1 atom stereocenters. The summed E-state index contributed by atoms with van der Waals surface area (Å²) in [4.78, 5) is 21.8. The first-order valence-corrected chi connectivity index (χ1v) is 5.36. The molecular weight excluding hydrogens is 238 g/mol. The second-order valence-corrected chi connectivity index (χ2v) is 4.75. The van der Waals surface area contributed by atoms with Crippen LogP contribution in [0.1, 0.15) is 32.4 Å². The molecule has 0 aliphatic heterocycles. The lowest BCUT2D eigenvalue weighted by Gasteiger charge is -2.21. The zero-order chi connectivity index (χ0) is 13.9. The normalized spacial score (nSPS) is 12.9. The number of ether oxygens (including phenoxy) is 1. The number of nitro groups is 1. The van der Waals surface area contributed by atoms with Gasteiger partial charge in [0, 0.05) is 6.07 Å². The molecule has 0 saturated carbocycles. The summed E-state index contributed by atoms with van der Waals surface area (Å²) in [5, 5.41) is 20.6. The third-order valence-corrected chi connectivity index (χ3v) is 2.06. The summed E-state index contributed by atoms with van der Waals surface area (Å²) in [6, 6.07) is 5.52. The Labute approximate surface area is 104 Å². The molecule has 0 aliphatic carbocycles. The third-order valence-electron chi connectivity index (χ3n) is 2.06. The van der Waals surface area contributed by atoms with Crippen LogP contribution in [0.3, 0.4) is 0 Å². The Morgan fingerprint density at radius 1 is 1.39 bits per heavy atom. The molecule has 6 nitrogen and oxygen atoms in total. The first-order valence-electron chi connectivity index (χ1n) is 5.36. The zero-order valence-electron chi connectivity index (χ0n) is 10.4. The Bertz CT molecular complexity index is 464. The largest absolute Gasteiger partial charge is 0.458 e. The number of benzene rings is 1. The second-order valence-electron chi connectivity index (χ2n) is 4.75. The van der Waals surface area contributed by atoms with Crippen LogP contribution in [0.4, 0.5) is 5.69 Å². The van der Waals surface area contributed by atoms with Crippen molar-refractivity contribution in [3.05, 3.63) is 39.9 Å². The first kappa shape index (κ1) is 14.1. The number of nitro benzene ring substituents is 1. The molecule has 1 aromatic carbocycles. The number of hydrogen-bond donors (Lipinski definition) is 1. The van der Waals surface area contributed by atoms with Crippen molar-refractivity contribution in [3.63, 3.8) is 0 Å². The van der Waals surface area contributed by atoms with Crippen molar-refractivity contribution in [1.82, 2.24) is 0 Å². The number of aliphatic hydroxyl groups is 1. The van der Waals surface area contributed by atoms with Gasteiger partial charge in [0.1, 0.15) is 5.60 Å². The van der Waals surface area contributed by atoms with Gasteiger partial charge in [-0.2, -0.15) is 0 Å². The van der Waals surface area contributed by atoms with E-state index in [0.29, 0.717) is 0 Å². The molecular formula is C12H15NO5. The Morgan fingerprint density at radius 3 is 2.44 bits per heavy atom. The maximum Gasteiger partial charge on any atom is 0.340 e. The summed E-state index contributed by atoms with van der Waals surface area (Å²) in [6.07, 6.45) is -1.66. The van der Waals surface area contributed by atoms with Crippen LogP contribution < -0.4 is 0 Å². The van der Waals surface area contributed by atoms with Gasteiger partial charge in [0.15, 0.2) is 6.10 Å². The highest BCUT2D eigenvalue weighted by Crippen LogP contribution is 2.26. The van der Waals surface area contributed by atoms with E-state index >= 15 is 0 Å². The van der Waals surface area contributed by atoms with Crippen LogP contribution in [-0.2, 0) is 9.53 Å². The number of carbonyl (C=O) groups is 1. The van der Waals surface area contributed by atoms with Gasteiger partial charge in [-0.3, -0.25) is 10.1 Å². The van der Waals surface area contributed by atoms with Crippen LogP contribution in [0.15, 0.2) is 24.3 Å². The molecule has 18 heavy (non-hydrogen) atoms. The molecule has 0 spiro atoms. The molecule has 0 amide bonds. The second kappa shape index (κ2) is 5.14. The fraction of sp³-hybridized carbons (Fsp3) is 0.417. The lowest BCUT2D eigenvalue weighted by molar-refractivity contribution is -0.386. The summed E-state index contributed by atoms with van der Waals surface area (Å²) in [5.41, 5.74) is -1.14. The standard InChI is InChI=1S/C12H15NO5/c1-12(2,3)18-11(15)10(14)8-6-4-5-7-9(8)13(16)17/h4-7,10,14H,1-3H3. The molecule has 1 unspecified atom stereocenters. The average Bonchev–Trinajstić information content (AvgIpc) is 2.25. The maximum atomic E-state index is 11.6. The van der Waals surface area contributed by atoms with Gasteiger partial charge in [0.25, 0.3) is 5.69 Å². The molecule has 1 rings (SSSR count). The van der Waals surface area contributed by atoms with E-state index < -0.39 is 22.6 Å². The van der Waals surface area contributed by atoms with E-state index in [1.807, 2.05) is 0 Å². The fourth-order valence-electron chi connectivity index (χ4n) is 1.37. The predicted molar refractivity (Wildman–Crippen MR) is 63.9 cm³/mol. The van der Waals surface area contributed by atoms with Gasteiger partial charge in [-0.15, -0.1) is 0 Å². The molecule has 0 heterocycles. The Morgan fingerprint density at radius 2 is 1.94 bits per heavy atom. The molecule has 6 heteroatoms. The number of rotatable bonds is 3. The molecule has 0 fully saturated rings. The Balaban J connectivity index is 3.00. The van der Waals surface area contributed by atoms with Crippen molar-refractivity contribution in [2.75, 3.05) is 0 Å². The summed E-state index contributed by atoms with van der Waals surface area (Å²) >= 11 is 0. The lowest BCUT2D eigenvalue weighted by Crippen LogP contribution is -2.28. The van der Waals surface area contributed by atoms with Crippen LogP contribution >= 0.6 is 0 Å². The van der Waals surface area contributed by atoms with E-state index in [2.05, 4.69) is 0 Å². The number of para-hydroxylation sites is 1. The molecule has 0 aliphatic rings. The van der Waals surface area contributed by atoms with Gasteiger partial charge in [0.2, 0.25) is 0 Å². The molecule has 98 valence electrons. The van der Waals surface area contributed by atoms with Crippen molar-refractivity contribution >= 4 is 11.7 Å². The van der Waals surface area contributed by atoms with Crippen molar-refractivity contribution in [2.24, 2.45) is 0 Å². The smallest absolute Gasteiger partial charge is 0.340 e. The Kier molecular flexibility index (Phi) is 4.03. The topological polar surface area (TPSA) is 89.7 Å². The van der Waals surface area contributed by atoms with Crippen LogP contribution in [0.5, 0.6) is 0 Å². The monoisotopic (exact) mass is 253 g/mol. The minimum atomic E-state index is -1.66. The number of aliphatic hydroxyl groups excluding tert-OH is 1. The van der Waals surface area contributed by atoms with Gasteiger partial charge in [-0.05, 0) is 26.8 Å². The van der Waals surface area contributed by atoms with Gasteiger partial charge < -0.3 is 9.84 Å². The van der Waals surface area contributed by atoms with E-state index in [-0.39, 0.29) is 11.3 Å². The van der Waals surface area contributed by atoms with Crippen LogP contribution in [-0.4, -0.2) is 21.6 Å². The van der Waals surface area contributed by atoms with Gasteiger partial charge in [-0.25, -0.2) is 4.79 Å². The van der Waals surface area contributed by atoms with Gasteiger partial charge >= 0.3 is 5.97 Å². The SMILES string of the molecule is CC(C)(C)OC(=O)C(O)c1ccccc1[N+](=O)[O-]. The Hall–Kier alpha value is -1.95. The van der Waals surface area contributed by atoms with Gasteiger partial charge in [-0.1, -0.05) is 12.1 Å². The molecule has 0 saturated heterocycles. The average molecular weight is 253 g/mol. The molecule has 0 aromatic heterocycles. The van der Waals surface area contributed by atoms with E-state index in [9.17, 15) is 20.0 Å². The third kappa shape index (κ3) is 3.53. The highest BCUT2D eigenvalue weighted by Gasteiger charge is 2.29. The van der Waals surface area contributed by atoms with Crippen molar-refractivity contribution in [3.8, 4) is 0 Å². The summed E-state index contributed by atoms with van der Waals surface area (Å²) in [6.45, 7) is 4.95. The van der Waals surface area contributed by atoms with E-state index in [1.54, 1.807) is 20.8 Å². The number of carbonyl (C=O) groups excluding carboxylic acids is 1. The summed E-state index contributed by atoms with van der Waals surface area (Å²) in [5.74, 6) is -0.906. The minimum Gasteiger partial charge on any atom is -0.458 e. The van der Waals surface area contributed by atoms with E-state index in [4.69, 9.17) is 4.74 Å². The number of nitrogens with zero attached hydrogens (tertiary/aromatic N) is 1. The predicted octanol–water partition coefficient (Wildman–Crippen LogP) is 1.97. The minimum absolute atomic E-state index is 0.0725. The fourth-order valence-corrected chi connectivity index (χ4v) is 1.37. The highest BCUT2D eigenvalue weighted by molar-refractivity contribution is 5.78. The maximum absolute atomic E-state index is 11.6. The lowest BCUT2D eigenvalue weighted by atomic mass is 10.1. The number of esters is 1.